The van der Waals surface area contributed by atoms with E-state index in [0.717, 1.165) is 4.91 Å². The van der Waals surface area contributed by atoms with E-state index >= 15 is 0 Å². The van der Waals surface area contributed by atoms with Gasteiger partial charge in [-0.3, -0.25) is 19.1 Å². The summed E-state index contributed by atoms with van der Waals surface area (Å²) in [7, 11) is 0. The maximum Gasteiger partial charge on any atom is 0.262 e. The van der Waals surface area contributed by atoms with Crippen molar-refractivity contribution in [2.24, 2.45) is 4.99 Å². The molecule has 0 bridgehead atoms. The van der Waals surface area contributed by atoms with Crippen LogP contribution in [0.4, 0.5) is 0 Å². The molecule has 1 aliphatic rings. The van der Waals surface area contributed by atoms with Crippen molar-refractivity contribution in [1.29, 1.82) is 0 Å². The van der Waals surface area contributed by atoms with Crippen molar-refractivity contribution >= 4 is 41.0 Å². The molecule has 0 aromatic carbocycles. The number of aliphatic imine (C=N–C) groups is 1. The summed E-state index contributed by atoms with van der Waals surface area (Å²) in [6, 6.07) is 0. The fourth-order valence-corrected chi connectivity index (χ4v) is 3.17. The summed E-state index contributed by atoms with van der Waals surface area (Å²) >= 11 is 6.36. The van der Waals surface area contributed by atoms with Gasteiger partial charge >= 0.3 is 0 Å². The number of aromatic nitrogens is 2. The predicted molar refractivity (Wildman–Crippen MR) is 95.2 cm³/mol. The number of allylic oxidation sites excluding steroid dienone is 3. The molecule has 1 amide bonds. The lowest BCUT2D eigenvalue weighted by Crippen LogP contribution is -2.16. The van der Waals surface area contributed by atoms with Crippen LogP contribution < -0.4 is 5.56 Å². The van der Waals surface area contributed by atoms with Crippen molar-refractivity contribution in [3.63, 3.8) is 0 Å². The van der Waals surface area contributed by atoms with Gasteiger partial charge in [0, 0.05) is 19.0 Å². The number of aromatic amines is 1. The Kier molecular flexibility index (Phi) is 5.17. The lowest BCUT2D eigenvalue weighted by molar-refractivity contribution is -0.115. The molecule has 1 aromatic heterocycles. The van der Waals surface area contributed by atoms with Gasteiger partial charge in [0.1, 0.15) is 10.6 Å². The number of nitrogens with zero attached hydrogens (tertiary/aromatic N) is 2. The first kappa shape index (κ1) is 17.2. The number of rotatable bonds is 3. The zero-order valence-electron chi connectivity index (χ0n) is 12.6. The Bertz CT molecular complexity index is 888. The van der Waals surface area contributed by atoms with E-state index in [1.54, 1.807) is 12.2 Å². The van der Waals surface area contributed by atoms with Crippen molar-refractivity contribution in [3.05, 3.63) is 49.9 Å². The Morgan fingerprint density at radius 2 is 2.30 bits per heavy atom. The van der Waals surface area contributed by atoms with Crippen molar-refractivity contribution in [1.82, 2.24) is 9.55 Å². The summed E-state index contributed by atoms with van der Waals surface area (Å²) in [5.41, 5.74) is 0.134. The monoisotopic (exact) mass is 349 g/mol. The lowest BCUT2D eigenvalue weighted by atomic mass is 10.1. The molecule has 23 heavy (non-hydrogen) atoms. The van der Waals surface area contributed by atoms with Crippen LogP contribution in [0.3, 0.4) is 0 Å². The van der Waals surface area contributed by atoms with Crippen LogP contribution in [0.1, 0.15) is 19.4 Å². The molecule has 1 aliphatic heterocycles. The highest BCUT2D eigenvalue weighted by Gasteiger charge is 2.18. The van der Waals surface area contributed by atoms with Crippen LogP contribution in [0.15, 0.2) is 39.0 Å². The molecule has 2 N–H and O–H groups in total. The van der Waals surface area contributed by atoms with Crippen LogP contribution >= 0.6 is 24.0 Å². The summed E-state index contributed by atoms with van der Waals surface area (Å²) in [6.45, 7) is 7.08. The molecule has 0 aliphatic carbocycles. The number of amides is 1. The molecule has 0 unspecified atom stereocenters. The van der Waals surface area contributed by atoms with Crippen molar-refractivity contribution in [3.8, 4) is 5.88 Å². The molecule has 1 aromatic rings. The van der Waals surface area contributed by atoms with E-state index in [4.69, 9.17) is 12.2 Å². The number of hydrogen-bond acceptors (Lipinski definition) is 5. The first-order chi connectivity index (χ1) is 10.8. The minimum atomic E-state index is -0.509. The first-order valence-corrected chi connectivity index (χ1v) is 7.90. The van der Waals surface area contributed by atoms with E-state index in [-0.39, 0.29) is 28.7 Å². The second-order valence-corrected chi connectivity index (χ2v) is 6.41. The quantitative estimate of drug-likeness (QED) is 0.647. The number of hydrogen-bond donors (Lipinski definition) is 2. The van der Waals surface area contributed by atoms with Crippen LogP contribution in [-0.4, -0.2) is 25.6 Å². The molecule has 0 fully saturated rings. The van der Waals surface area contributed by atoms with Crippen molar-refractivity contribution < 1.29 is 9.90 Å². The summed E-state index contributed by atoms with van der Waals surface area (Å²) in [5.74, 6) is -0.585. The van der Waals surface area contributed by atoms with Crippen molar-refractivity contribution in [2.45, 2.75) is 20.4 Å². The second kappa shape index (κ2) is 6.93. The maximum absolute atomic E-state index is 12.1. The minimum Gasteiger partial charge on any atom is -0.494 e. The fourth-order valence-electron chi connectivity index (χ4n) is 2.01. The van der Waals surface area contributed by atoms with Gasteiger partial charge in [0.2, 0.25) is 11.8 Å². The number of nitrogens with one attached hydrogen (secondary N) is 1. The highest BCUT2D eigenvalue weighted by atomic mass is 32.2. The number of carbonyl (C=O) groups excluding carboxylic acids is 1. The topological polar surface area (TPSA) is 87.4 Å². The zero-order valence-corrected chi connectivity index (χ0v) is 14.3. The predicted octanol–water partition coefficient (Wildman–Crippen LogP) is 2.78. The van der Waals surface area contributed by atoms with Gasteiger partial charge in [0.25, 0.3) is 5.56 Å². The molecule has 120 valence electrons. The maximum atomic E-state index is 12.1. The van der Waals surface area contributed by atoms with E-state index in [2.05, 4.69) is 16.6 Å². The summed E-state index contributed by atoms with van der Waals surface area (Å²) in [4.78, 5) is 30.7. The average Bonchev–Trinajstić information content (AvgIpc) is 2.78. The average molecular weight is 349 g/mol. The molecule has 0 saturated carbocycles. The van der Waals surface area contributed by atoms with Gasteiger partial charge in [-0.15, -0.1) is 6.58 Å². The van der Waals surface area contributed by atoms with Crippen molar-refractivity contribution in [2.75, 3.05) is 0 Å². The Hall–Kier alpha value is -2.19. The number of thioether (sulfide) groups is 1. The van der Waals surface area contributed by atoms with Crippen LogP contribution in [0.2, 0.25) is 0 Å². The molecule has 0 radical (unpaired) electrons. The van der Waals surface area contributed by atoms with Gasteiger partial charge in [0.05, 0.1) is 0 Å². The number of carbonyl (C=O) groups is 1. The molecule has 0 spiro atoms. The fraction of sp³-hybridized carbons (Fsp3) is 0.200. The third-order valence-electron chi connectivity index (χ3n) is 2.94. The van der Waals surface area contributed by atoms with E-state index in [9.17, 15) is 14.7 Å². The highest BCUT2D eigenvalue weighted by Crippen LogP contribution is 2.33. The molecule has 0 atom stereocenters. The van der Waals surface area contributed by atoms with Crippen LogP contribution in [0, 0.1) is 4.77 Å². The van der Waals surface area contributed by atoms with E-state index in [1.807, 2.05) is 6.92 Å². The van der Waals surface area contributed by atoms with Gasteiger partial charge < -0.3 is 5.11 Å². The van der Waals surface area contributed by atoms with Gasteiger partial charge in [-0.2, -0.15) is 0 Å². The van der Waals surface area contributed by atoms with Crippen LogP contribution in [0.25, 0.3) is 6.08 Å². The Morgan fingerprint density at radius 3 is 2.91 bits per heavy atom. The molecule has 6 nitrogen and oxygen atoms in total. The first-order valence-electron chi connectivity index (χ1n) is 6.68. The second-order valence-electron chi connectivity index (χ2n) is 4.79. The largest absolute Gasteiger partial charge is 0.494 e. The highest BCUT2D eigenvalue weighted by molar-refractivity contribution is 8.18. The lowest BCUT2D eigenvalue weighted by Gasteiger charge is -2.09. The molecule has 0 saturated heterocycles. The summed E-state index contributed by atoms with van der Waals surface area (Å²) in [6.07, 6.45) is 4.85. The van der Waals surface area contributed by atoms with Gasteiger partial charge in [-0.1, -0.05) is 17.8 Å². The van der Waals surface area contributed by atoms with Gasteiger partial charge in [-0.05, 0) is 36.2 Å². The third kappa shape index (κ3) is 3.77. The zero-order chi connectivity index (χ0) is 17.1. The Balaban J connectivity index is 2.65. The third-order valence-corrected chi connectivity index (χ3v) is 4.22. The molecule has 2 heterocycles. The van der Waals surface area contributed by atoms with E-state index in [1.165, 1.54) is 29.3 Å². The normalized spacial score (nSPS) is 17.6. The van der Waals surface area contributed by atoms with E-state index < -0.39 is 5.56 Å². The number of aromatic hydroxyl groups is 1. The molecular formula is C15H15N3O3S2. The smallest absolute Gasteiger partial charge is 0.262 e. The Morgan fingerprint density at radius 1 is 1.61 bits per heavy atom. The molecular weight excluding hydrogens is 334 g/mol. The van der Waals surface area contributed by atoms with E-state index in [0.29, 0.717) is 10.6 Å². The number of H-pyrrole nitrogens is 1. The van der Waals surface area contributed by atoms with Gasteiger partial charge in [0.15, 0.2) is 4.77 Å². The Labute approximate surface area is 142 Å². The summed E-state index contributed by atoms with van der Waals surface area (Å²) < 4.78 is 1.47. The summed E-state index contributed by atoms with van der Waals surface area (Å²) in [5, 5.41) is 10.8. The SMILES string of the molecule is C=CCn1c(O)c(C=C2C=C(C)SC2=NC(C)=O)c(=O)[nH]c1=S. The molecule has 8 heteroatoms. The standard InChI is InChI=1S/C15H15N3O3S2/c1-4-5-18-14(21)11(12(20)17-15(18)22)7-10-6-8(2)23-13(10)16-9(3)19/h4,6-7,21H,1,5H2,2-3H3,(H,17,20,22). The van der Waals surface area contributed by atoms with Crippen LogP contribution in [0.5, 0.6) is 5.88 Å². The van der Waals surface area contributed by atoms with Gasteiger partial charge in [-0.25, -0.2) is 4.99 Å². The minimum absolute atomic E-state index is 0.0539. The molecule has 2 rings (SSSR count). The van der Waals surface area contributed by atoms with Crippen LogP contribution in [-0.2, 0) is 11.3 Å².